The summed E-state index contributed by atoms with van der Waals surface area (Å²) in [6.07, 6.45) is 11.6. The van der Waals surface area contributed by atoms with E-state index in [0.29, 0.717) is 19.0 Å². The molecular weight excluding hydrogens is 340 g/mol. The summed E-state index contributed by atoms with van der Waals surface area (Å²) in [6.45, 7) is 5.18. The minimum absolute atomic E-state index is 0.169. The lowest BCUT2D eigenvalue weighted by Gasteiger charge is -2.28. The predicted octanol–water partition coefficient (Wildman–Crippen LogP) is 5.67. The Morgan fingerprint density at radius 2 is 1.56 bits per heavy atom. The monoisotopic (exact) mass is 376 g/mol. The van der Waals surface area contributed by atoms with E-state index in [0.717, 1.165) is 19.3 Å². The normalized spacial score (nSPS) is 19.8. The van der Waals surface area contributed by atoms with Crippen LogP contribution in [0.15, 0.2) is 24.3 Å². The number of carbonyl (C=O) groups excluding carboxylic acids is 1. The van der Waals surface area contributed by atoms with Crippen LogP contribution in [0.3, 0.4) is 0 Å². The van der Waals surface area contributed by atoms with Crippen LogP contribution in [0.4, 0.5) is 0 Å². The summed E-state index contributed by atoms with van der Waals surface area (Å²) in [5.74, 6) is -0.0141. The lowest BCUT2D eigenvalue weighted by molar-refractivity contribution is -0.208. The van der Waals surface area contributed by atoms with Crippen LogP contribution in [-0.2, 0) is 20.7 Å². The fraction of sp³-hybridized carbons (Fsp3) is 0.696. The quantitative estimate of drug-likeness (QED) is 0.268. The van der Waals surface area contributed by atoms with Gasteiger partial charge in [0.2, 0.25) is 0 Å². The van der Waals surface area contributed by atoms with E-state index < -0.39 is 0 Å². The highest BCUT2D eigenvalue weighted by Gasteiger charge is 2.28. The van der Waals surface area contributed by atoms with E-state index in [9.17, 15) is 4.79 Å². The third kappa shape index (κ3) is 8.44. The molecular formula is C23H36O4. The molecule has 0 unspecified atom stereocenters. The Hall–Kier alpha value is -1.39. The molecule has 1 aromatic carbocycles. The second-order valence-electron chi connectivity index (χ2n) is 7.52. The van der Waals surface area contributed by atoms with Crippen LogP contribution in [0.2, 0.25) is 0 Å². The molecule has 152 valence electrons. The predicted molar refractivity (Wildman–Crippen MR) is 108 cm³/mol. The first-order valence-corrected chi connectivity index (χ1v) is 10.8. The number of benzene rings is 1. The van der Waals surface area contributed by atoms with E-state index >= 15 is 0 Å². The van der Waals surface area contributed by atoms with E-state index in [-0.39, 0.29) is 18.2 Å². The van der Waals surface area contributed by atoms with Crippen molar-refractivity contribution in [1.29, 1.82) is 0 Å². The fourth-order valence-electron chi connectivity index (χ4n) is 3.26. The van der Waals surface area contributed by atoms with Gasteiger partial charge in [0.15, 0.2) is 6.29 Å². The summed E-state index contributed by atoms with van der Waals surface area (Å²) < 4.78 is 16.9. The largest absolute Gasteiger partial charge is 0.426 e. The van der Waals surface area contributed by atoms with Gasteiger partial charge in [-0.25, -0.2) is 0 Å². The van der Waals surface area contributed by atoms with Crippen molar-refractivity contribution >= 4 is 5.97 Å². The average molecular weight is 377 g/mol. The van der Waals surface area contributed by atoms with Crippen LogP contribution in [0.25, 0.3) is 0 Å². The third-order valence-electron chi connectivity index (χ3n) is 5.05. The van der Waals surface area contributed by atoms with Gasteiger partial charge in [-0.2, -0.15) is 0 Å². The molecule has 2 rings (SSSR count). The lowest BCUT2D eigenvalue weighted by atomic mass is 10.1. The molecule has 0 N–H and O–H groups in total. The molecule has 0 bridgehead atoms. The Kier molecular flexibility index (Phi) is 10.5. The van der Waals surface area contributed by atoms with Gasteiger partial charge in [0, 0.05) is 0 Å². The van der Waals surface area contributed by atoms with Crippen molar-refractivity contribution in [2.24, 2.45) is 5.92 Å². The molecule has 27 heavy (non-hydrogen) atoms. The zero-order valence-corrected chi connectivity index (χ0v) is 17.1. The number of hydrogen-bond acceptors (Lipinski definition) is 4. The topological polar surface area (TPSA) is 44.8 Å². The minimum Gasteiger partial charge on any atom is -0.426 e. The fourth-order valence-corrected chi connectivity index (χ4v) is 3.26. The summed E-state index contributed by atoms with van der Waals surface area (Å²) in [6, 6.07) is 7.87. The van der Waals surface area contributed by atoms with Gasteiger partial charge in [0.05, 0.1) is 13.2 Å². The van der Waals surface area contributed by atoms with Crippen LogP contribution in [0, 0.1) is 5.92 Å². The zero-order valence-electron chi connectivity index (χ0n) is 17.1. The summed E-state index contributed by atoms with van der Waals surface area (Å²) in [5, 5.41) is 0. The molecule has 0 saturated carbocycles. The molecule has 0 aliphatic carbocycles. The van der Waals surface area contributed by atoms with E-state index in [1.807, 2.05) is 12.1 Å². The molecule has 4 heteroatoms. The van der Waals surface area contributed by atoms with E-state index in [2.05, 4.69) is 26.0 Å². The van der Waals surface area contributed by atoms with Crippen LogP contribution in [0.1, 0.15) is 77.2 Å². The molecule has 1 aliphatic rings. The summed E-state index contributed by atoms with van der Waals surface area (Å²) in [7, 11) is 0. The molecule has 1 aliphatic heterocycles. The van der Waals surface area contributed by atoms with Crippen molar-refractivity contribution in [1.82, 2.24) is 0 Å². The zero-order chi connectivity index (χ0) is 19.3. The van der Waals surface area contributed by atoms with Crippen molar-refractivity contribution in [2.75, 3.05) is 13.2 Å². The van der Waals surface area contributed by atoms with Gasteiger partial charge >= 0.3 is 5.97 Å². The highest BCUT2D eigenvalue weighted by Crippen LogP contribution is 2.20. The van der Waals surface area contributed by atoms with Gasteiger partial charge in [-0.05, 0) is 43.4 Å². The summed E-state index contributed by atoms with van der Waals surface area (Å²) >= 11 is 0. The number of carbonyl (C=O) groups is 1. The first-order chi connectivity index (χ1) is 13.2. The maximum Gasteiger partial charge on any atom is 0.319 e. The highest BCUT2D eigenvalue weighted by molar-refractivity contribution is 5.75. The standard InChI is InChI=1S/C23H36O4/c1-3-5-7-9-11-19-13-15-21(16-14-19)27-23(24)20-17-25-22(26-18-20)12-10-8-6-4-2/h13-16,20,22H,3-12,17-18H2,1-2H3/t20-,22-. The Morgan fingerprint density at radius 1 is 0.926 bits per heavy atom. The van der Waals surface area contributed by atoms with Gasteiger partial charge in [-0.3, -0.25) is 4.79 Å². The Labute approximate surface area is 164 Å². The smallest absolute Gasteiger partial charge is 0.319 e. The molecule has 0 radical (unpaired) electrons. The number of unbranched alkanes of at least 4 members (excludes halogenated alkanes) is 6. The Balaban J connectivity index is 1.66. The number of ether oxygens (including phenoxy) is 3. The van der Waals surface area contributed by atoms with E-state index in [1.165, 1.54) is 50.5 Å². The van der Waals surface area contributed by atoms with Crippen molar-refractivity contribution in [3.05, 3.63) is 29.8 Å². The minimum atomic E-state index is -0.342. The lowest BCUT2D eigenvalue weighted by Crippen LogP contribution is -2.38. The van der Waals surface area contributed by atoms with Crippen LogP contribution in [0.5, 0.6) is 5.75 Å². The number of esters is 1. The first kappa shape index (κ1) is 21.9. The number of rotatable bonds is 12. The molecule has 0 amide bonds. The summed E-state index contributed by atoms with van der Waals surface area (Å²) in [5.41, 5.74) is 1.29. The van der Waals surface area contributed by atoms with Crippen molar-refractivity contribution in [3.63, 3.8) is 0 Å². The van der Waals surface area contributed by atoms with E-state index in [4.69, 9.17) is 14.2 Å². The van der Waals surface area contributed by atoms with Gasteiger partial charge < -0.3 is 14.2 Å². The van der Waals surface area contributed by atoms with E-state index in [1.54, 1.807) is 0 Å². The van der Waals surface area contributed by atoms with Gasteiger partial charge in [0.1, 0.15) is 11.7 Å². The van der Waals surface area contributed by atoms with Crippen molar-refractivity contribution in [3.8, 4) is 5.75 Å². The second kappa shape index (κ2) is 12.9. The Morgan fingerprint density at radius 3 is 2.19 bits per heavy atom. The SMILES string of the molecule is CCCCCCc1ccc(OC(=O)[C@H]2CO[C@H](CCCCCC)OC2)cc1. The van der Waals surface area contributed by atoms with Crippen molar-refractivity contribution < 1.29 is 19.0 Å². The first-order valence-electron chi connectivity index (χ1n) is 10.8. The van der Waals surface area contributed by atoms with Crippen LogP contribution in [-0.4, -0.2) is 25.5 Å². The molecule has 1 aromatic rings. The summed E-state index contributed by atoms with van der Waals surface area (Å²) in [4.78, 5) is 12.3. The van der Waals surface area contributed by atoms with Gasteiger partial charge in [-0.1, -0.05) is 64.5 Å². The molecule has 1 saturated heterocycles. The molecule has 0 spiro atoms. The number of hydrogen-bond donors (Lipinski definition) is 0. The highest BCUT2D eigenvalue weighted by atomic mass is 16.7. The Bertz CT molecular complexity index is 518. The maximum atomic E-state index is 12.3. The second-order valence-corrected chi connectivity index (χ2v) is 7.52. The molecule has 1 fully saturated rings. The van der Waals surface area contributed by atoms with Gasteiger partial charge in [-0.15, -0.1) is 0 Å². The molecule has 4 nitrogen and oxygen atoms in total. The van der Waals surface area contributed by atoms with Crippen molar-refractivity contribution in [2.45, 2.75) is 84.3 Å². The molecule has 0 aromatic heterocycles. The molecule has 0 atom stereocenters. The third-order valence-corrected chi connectivity index (χ3v) is 5.05. The number of aryl methyl sites for hydroxylation is 1. The maximum absolute atomic E-state index is 12.3. The van der Waals surface area contributed by atoms with Crippen LogP contribution >= 0.6 is 0 Å². The molecule has 1 heterocycles. The van der Waals surface area contributed by atoms with Crippen LogP contribution < -0.4 is 4.74 Å². The van der Waals surface area contributed by atoms with Gasteiger partial charge in [0.25, 0.3) is 0 Å². The average Bonchev–Trinajstić information content (AvgIpc) is 2.70.